The van der Waals surface area contributed by atoms with Gasteiger partial charge in [-0.05, 0) is 0 Å². The van der Waals surface area contributed by atoms with Crippen LogP contribution in [0, 0.1) is 5.63 Å². The summed E-state index contributed by atoms with van der Waals surface area (Å²) >= 11 is 0. The van der Waals surface area contributed by atoms with Gasteiger partial charge >= 0.3 is 59.8 Å². The molecule has 0 radical (unpaired) electrons. The summed E-state index contributed by atoms with van der Waals surface area (Å²) < 4.78 is 0. The number of hydrogen-bond acceptors (Lipinski definition) is 0. The summed E-state index contributed by atoms with van der Waals surface area (Å²) in [5.74, 6) is 0. The number of unbranched alkanes of at least 4 members (excludes halogenated alkanes) is 5. The molecular weight excluding hydrogens is 127 g/mol. The molecular formula is C8H15P. The molecule has 0 aromatic rings. The van der Waals surface area contributed by atoms with Gasteiger partial charge in [-0.2, -0.15) is 0 Å². The Morgan fingerprint density at radius 2 is 1.78 bits per heavy atom. The van der Waals surface area contributed by atoms with Gasteiger partial charge in [-0.1, -0.05) is 0 Å². The summed E-state index contributed by atoms with van der Waals surface area (Å²) in [5.41, 5.74) is 2.84. The van der Waals surface area contributed by atoms with Gasteiger partial charge in [0.1, 0.15) is 0 Å². The predicted octanol–water partition coefficient (Wildman–Crippen LogP) is 3.72. The quantitative estimate of drug-likeness (QED) is 0.405. The minimum atomic E-state index is 1.05. The molecule has 0 saturated carbocycles. The summed E-state index contributed by atoms with van der Waals surface area (Å²) in [4.78, 5) is 0. The molecule has 0 heterocycles. The molecule has 0 rings (SSSR count). The van der Waals surface area contributed by atoms with E-state index in [1.54, 1.807) is 0 Å². The fraction of sp³-hybridized carbons (Fsp3) is 0.875. The van der Waals surface area contributed by atoms with Crippen molar-refractivity contribution in [3.63, 3.8) is 0 Å². The Labute approximate surface area is 60.5 Å². The molecule has 0 saturated heterocycles. The molecule has 0 bridgehead atoms. The van der Waals surface area contributed by atoms with Gasteiger partial charge in [-0.25, -0.2) is 0 Å². The van der Waals surface area contributed by atoms with Crippen LogP contribution < -0.4 is 0 Å². The van der Waals surface area contributed by atoms with Gasteiger partial charge in [0, 0.05) is 0 Å². The topological polar surface area (TPSA) is 0 Å². The molecule has 0 aliphatic rings. The van der Waals surface area contributed by atoms with Crippen molar-refractivity contribution < 1.29 is 0 Å². The second kappa shape index (κ2) is 8.21. The zero-order chi connectivity index (χ0) is 6.95. The van der Waals surface area contributed by atoms with Gasteiger partial charge in [0.2, 0.25) is 0 Å². The maximum atomic E-state index is 3.90. The van der Waals surface area contributed by atoms with Gasteiger partial charge < -0.3 is 0 Å². The average Bonchev–Trinajstić information content (AvgIpc) is 1.89. The molecule has 0 nitrogen and oxygen atoms in total. The first kappa shape index (κ1) is 9.21. The molecule has 9 heavy (non-hydrogen) atoms. The molecule has 0 fully saturated rings. The fourth-order valence-electron chi connectivity index (χ4n) is 0.808. The number of rotatable bonds is 5. The van der Waals surface area contributed by atoms with Crippen LogP contribution in [0.3, 0.4) is 0 Å². The molecule has 0 aliphatic carbocycles. The van der Waals surface area contributed by atoms with Crippen molar-refractivity contribution in [3.05, 3.63) is 0 Å². The van der Waals surface area contributed by atoms with Crippen molar-refractivity contribution in [2.75, 3.05) is 0 Å². The summed E-state index contributed by atoms with van der Waals surface area (Å²) in [6.45, 7) is 2.23. The third-order valence-electron chi connectivity index (χ3n) is 1.39. The normalized spacial score (nSPS) is 8.89. The van der Waals surface area contributed by atoms with Crippen molar-refractivity contribution in [2.24, 2.45) is 0 Å². The van der Waals surface area contributed by atoms with Gasteiger partial charge in [-0.3, -0.25) is 0 Å². The molecule has 0 amide bonds. The summed E-state index contributed by atoms with van der Waals surface area (Å²) in [5, 5.41) is 0. The average molecular weight is 142 g/mol. The fourth-order valence-corrected chi connectivity index (χ4v) is 0.966. The van der Waals surface area contributed by atoms with E-state index in [0.717, 1.165) is 6.42 Å². The van der Waals surface area contributed by atoms with E-state index in [1.807, 2.05) is 0 Å². The molecule has 0 atom stereocenters. The Morgan fingerprint density at radius 3 is 2.33 bits per heavy atom. The van der Waals surface area contributed by atoms with E-state index >= 15 is 0 Å². The zero-order valence-electron chi connectivity index (χ0n) is 6.19. The Balaban J connectivity index is 2.69. The predicted molar refractivity (Wildman–Crippen MR) is 44.2 cm³/mol. The second-order valence-corrected chi connectivity index (χ2v) is 2.64. The van der Waals surface area contributed by atoms with E-state index in [9.17, 15) is 0 Å². The van der Waals surface area contributed by atoms with E-state index < -0.39 is 0 Å². The first-order valence-electron chi connectivity index (χ1n) is 3.78. The maximum absolute atomic E-state index is 3.90. The molecule has 0 unspecified atom stereocenters. The second-order valence-electron chi connectivity index (χ2n) is 2.32. The van der Waals surface area contributed by atoms with Gasteiger partial charge in [0.05, 0.1) is 0 Å². The Kier molecular flexibility index (Phi) is 8.40. The zero-order valence-corrected chi connectivity index (χ0v) is 7.08. The molecule has 0 aromatic carbocycles. The Bertz CT molecular complexity index is 81.1. The standard InChI is InChI=1S/C8H15P/c1-2-3-4-5-6-7-8-9/h2-7H2,1H3. The van der Waals surface area contributed by atoms with E-state index in [2.05, 4.69) is 21.2 Å². The molecule has 0 aromatic heterocycles. The van der Waals surface area contributed by atoms with Crippen LogP contribution in [0.15, 0.2) is 0 Å². The van der Waals surface area contributed by atoms with Crippen LogP contribution in [0.25, 0.3) is 0 Å². The van der Waals surface area contributed by atoms with Crippen molar-refractivity contribution in [3.8, 4) is 5.63 Å². The van der Waals surface area contributed by atoms with E-state index in [0.29, 0.717) is 0 Å². The molecule has 0 aliphatic heterocycles. The summed E-state index contributed by atoms with van der Waals surface area (Å²) in [6.07, 6.45) is 7.75. The minimum absolute atomic E-state index is 1.05. The van der Waals surface area contributed by atoms with Gasteiger partial charge in [0.25, 0.3) is 0 Å². The Morgan fingerprint density at radius 1 is 1.11 bits per heavy atom. The van der Waals surface area contributed by atoms with Crippen molar-refractivity contribution in [1.29, 1.82) is 0 Å². The van der Waals surface area contributed by atoms with E-state index in [1.165, 1.54) is 32.1 Å². The first-order chi connectivity index (χ1) is 4.41. The third-order valence-corrected chi connectivity index (χ3v) is 1.62. The van der Waals surface area contributed by atoms with Crippen molar-refractivity contribution in [1.82, 2.24) is 0 Å². The molecule has 0 spiro atoms. The van der Waals surface area contributed by atoms with Gasteiger partial charge in [0.15, 0.2) is 0 Å². The Hall–Kier alpha value is 0.210. The first-order valence-corrected chi connectivity index (χ1v) is 4.23. The summed E-state index contributed by atoms with van der Waals surface area (Å²) in [7, 11) is 3.90. The van der Waals surface area contributed by atoms with Crippen LogP contribution in [-0.4, -0.2) is 0 Å². The van der Waals surface area contributed by atoms with E-state index in [-0.39, 0.29) is 0 Å². The molecule has 52 valence electrons. The molecule has 0 N–H and O–H groups in total. The van der Waals surface area contributed by atoms with Crippen molar-refractivity contribution in [2.45, 2.75) is 45.4 Å². The summed E-state index contributed by atoms with van der Waals surface area (Å²) in [6, 6.07) is 0. The van der Waals surface area contributed by atoms with Crippen LogP contribution in [0.4, 0.5) is 0 Å². The van der Waals surface area contributed by atoms with E-state index in [4.69, 9.17) is 0 Å². The van der Waals surface area contributed by atoms with Crippen LogP contribution in [-0.2, 0) is 0 Å². The number of hydrogen-bond donors (Lipinski definition) is 0. The van der Waals surface area contributed by atoms with Crippen LogP contribution >= 0.6 is 8.70 Å². The third kappa shape index (κ3) is 8.21. The molecule has 1 heteroatoms. The van der Waals surface area contributed by atoms with Gasteiger partial charge in [-0.15, -0.1) is 0 Å². The van der Waals surface area contributed by atoms with Crippen LogP contribution in [0.1, 0.15) is 45.4 Å². The monoisotopic (exact) mass is 142 g/mol. The van der Waals surface area contributed by atoms with Crippen LogP contribution in [0.2, 0.25) is 0 Å². The van der Waals surface area contributed by atoms with Crippen molar-refractivity contribution >= 4 is 8.70 Å². The van der Waals surface area contributed by atoms with Crippen LogP contribution in [0.5, 0.6) is 0 Å². The SMILES string of the molecule is CCCCCCCC#P.